The van der Waals surface area contributed by atoms with Crippen LogP contribution in [0, 0.1) is 6.92 Å². The Morgan fingerprint density at radius 2 is 1.71 bits per heavy atom. The molecule has 34 heavy (non-hydrogen) atoms. The van der Waals surface area contributed by atoms with Crippen molar-refractivity contribution in [1.82, 2.24) is 9.88 Å². The van der Waals surface area contributed by atoms with E-state index < -0.39 is 0 Å². The lowest BCUT2D eigenvalue weighted by molar-refractivity contribution is -0.132. The number of hydrogen-bond donors (Lipinski definition) is 0. The van der Waals surface area contributed by atoms with E-state index in [0.29, 0.717) is 37.5 Å². The number of methoxy groups -OCH3 is 1. The van der Waals surface area contributed by atoms with Crippen LogP contribution in [-0.4, -0.2) is 41.9 Å². The Balaban J connectivity index is 1.31. The maximum absolute atomic E-state index is 13.2. The lowest BCUT2D eigenvalue weighted by Gasteiger charge is -2.33. The van der Waals surface area contributed by atoms with Crippen molar-refractivity contribution in [3.63, 3.8) is 0 Å². The second kappa shape index (κ2) is 9.17. The van der Waals surface area contributed by atoms with Crippen molar-refractivity contribution in [3.8, 4) is 17.2 Å². The van der Waals surface area contributed by atoms with Crippen LogP contribution >= 0.6 is 0 Å². The number of pyridine rings is 1. The molecule has 7 nitrogen and oxygen atoms in total. The number of carbonyl (C=O) groups excluding carboxylic acids is 2. The van der Waals surface area contributed by atoms with E-state index in [1.807, 2.05) is 49.4 Å². The Morgan fingerprint density at radius 3 is 2.50 bits per heavy atom. The normalized spacial score (nSPS) is 14.9. The summed E-state index contributed by atoms with van der Waals surface area (Å²) in [6, 6.07) is 15.7. The number of hydrogen-bond acceptors (Lipinski definition) is 5. The minimum atomic E-state index is -0.0866. The van der Waals surface area contributed by atoms with Crippen molar-refractivity contribution >= 4 is 17.6 Å². The molecule has 2 amide bonds. The fourth-order valence-electron chi connectivity index (χ4n) is 4.47. The van der Waals surface area contributed by atoms with Gasteiger partial charge in [0.2, 0.25) is 11.8 Å². The van der Waals surface area contributed by atoms with E-state index in [4.69, 9.17) is 9.47 Å². The molecule has 0 bridgehead atoms. The number of aryl methyl sites for hydroxylation is 2. The average molecular weight is 458 g/mol. The first kappa shape index (κ1) is 21.9. The molecule has 3 heterocycles. The molecule has 0 saturated heterocycles. The summed E-state index contributed by atoms with van der Waals surface area (Å²) in [6.45, 7) is 3.15. The van der Waals surface area contributed by atoms with Crippen LogP contribution in [0.15, 0.2) is 54.7 Å². The Hall–Kier alpha value is -3.87. The van der Waals surface area contributed by atoms with Gasteiger partial charge in [0.05, 0.1) is 13.3 Å². The van der Waals surface area contributed by atoms with Gasteiger partial charge in [0, 0.05) is 19.5 Å². The number of benzene rings is 2. The van der Waals surface area contributed by atoms with Crippen LogP contribution in [0.3, 0.4) is 0 Å². The molecule has 0 atom stereocenters. The highest BCUT2D eigenvalue weighted by Gasteiger charge is 2.30. The van der Waals surface area contributed by atoms with Crippen LogP contribution in [-0.2, 0) is 29.0 Å². The molecule has 0 N–H and O–H groups in total. The summed E-state index contributed by atoms with van der Waals surface area (Å²) in [4.78, 5) is 33.7. The Bertz CT molecular complexity index is 1240. The van der Waals surface area contributed by atoms with Gasteiger partial charge in [-0.25, -0.2) is 4.98 Å². The van der Waals surface area contributed by atoms with E-state index in [1.165, 1.54) is 10.5 Å². The van der Waals surface area contributed by atoms with Crippen LogP contribution in [0.4, 0.5) is 5.82 Å². The lowest BCUT2D eigenvalue weighted by atomic mass is 9.99. The number of carbonyl (C=O) groups is 2. The smallest absolute Gasteiger partial charge is 0.243 e. The summed E-state index contributed by atoms with van der Waals surface area (Å²) < 4.78 is 11.3. The van der Waals surface area contributed by atoms with Gasteiger partial charge in [0.1, 0.15) is 29.6 Å². The second-order valence-electron chi connectivity index (χ2n) is 8.75. The van der Waals surface area contributed by atoms with E-state index in [9.17, 15) is 9.59 Å². The molecule has 7 heteroatoms. The first-order valence-electron chi connectivity index (χ1n) is 11.5. The molecule has 3 aromatic rings. The van der Waals surface area contributed by atoms with Gasteiger partial charge in [-0.05, 0) is 66.8 Å². The second-order valence-corrected chi connectivity index (χ2v) is 8.75. The first-order valence-corrected chi connectivity index (χ1v) is 11.5. The number of aromatic nitrogens is 1. The summed E-state index contributed by atoms with van der Waals surface area (Å²) in [5.74, 6) is 2.50. The number of anilines is 1. The van der Waals surface area contributed by atoms with Gasteiger partial charge in [-0.3, -0.25) is 14.5 Å². The number of nitrogens with zero attached hydrogens (tertiary/aromatic N) is 3. The predicted octanol–water partition coefficient (Wildman–Crippen LogP) is 4.06. The zero-order chi connectivity index (χ0) is 23.7. The fourth-order valence-corrected chi connectivity index (χ4v) is 4.47. The van der Waals surface area contributed by atoms with Gasteiger partial charge < -0.3 is 14.4 Å². The lowest BCUT2D eigenvalue weighted by Crippen LogP contribution is -2.46. The van der Waals surface area contributed by atoms with Crippen molar-refractivity contribution in [1.29, 1.82) is 0 Å². The number of amides is 2. The molecule has 174 valence electrons. The van der Waals surface area contributed by atoms with Crippen molar-refractivity contribution in [2.24, 2.45) is 0 Å². The van der Waals surface area contributed by atoms with Gasteiger partial charge >= 0.3 is 0 Å². The number of fused-ring (bicyclic) bond motifs is 2. The first-order chi connectivity index (χ1) is 16.5. The molecular weight excluding hydrogens is 430 g/mol. The topological polar surface area (TPSA) is 72.0 Å². The van der Waals surface area contributed by atoms with Crippen LogP contribution in [0.2, 0.25) is 0 Å². The molecule has 5 rings (SSSR count). The summed E-state index contributed by atoms with van der Waals surface area (Å²) in [5.41, 5.74) is 4.38. The van der Waals surface area contributed by atoms with E-state index in [-0.39, 0.29) is 18.4 Å². The predicted molar refractivity (Wildman–Crippen MR) is 128 cm³/mol. The highest BCUT2D eigenvalue weighted by molar-refractivity contribution is 6.00. The number of ether oxygens (including phenoxy) is 2. The van der Waals surface area contributed by atoms with Crippen molar-refractivity contribution in [2.75, 3.05) is 25.1 Å². The SMILES string of the molecule is COc1ccc2c(c1)CN(C(=O)CN1C(=O)CCc3cc(Oc4ccc(C)cc4)cnc31)CC2. The molecule has 0 radical (unpaired) electrons. The molecule has 2 aliphatic heterocycles. The van der Waals surface area contributed by atoms with Gasteiger partial charge in [-0.2, -0.15) is 0 Å². The van der Waals surface area contributed by atoms with Crippen molar-refractivity contribution in [2.45, 2.75) is 32.7 Å². The third-order valence-corrected chi connectivity index (χ3v) is 6.41. The molecule has 2 aliphatic rings. The third kappa shape index (κ3) is 4.46. The van der Waals surface area contributed by atoms with Gasteiger partial charge in [-0.15, -0.1) is 0 Å². The van der Waals surface area contributed by atoms with E-state index in [2.05, 4.69) is 11.1 Å². The van der Waals surface area contributed by atoms with Crippen LogP contribution < -0.4 is 14.4 Å². The zero-order valence-electron chi connectivity index (χ0n) is 19.4. The Kier molecular flexibility index (Phi) is 5.92. The molecule has 0 aliphatic carbocycles. The molecule has 0 spiro atoms. The molecule has 0 unspecified atom stereocenters. The monoisotopic (exact) mass is 457 g/mol. The van der Waals surface area contributed by atoms with Crippen LogP contribution in [0.1, 0.15) is 28.7 Å². The number of rotatable bonds is 5. The van der Waals surface area contributed by atoms with E-state index in [1.54, 1.807) is 18.2 Å². The Morgan fingerprint density at radius 1 is 0.941 bits per heavy atom. The minimum Gasteiger partial charge on any atom is -0.497 e. The fraction of sp³-hybridized carbons (Fsp3) is 0.296. The van der Waals surface area contributed by atoms with Gasteiger partial charge in [0.15, 0.2) is 0 Å². The van der Waals surface area contributed by atoms with E-state index in [0.717, 1.165) is 34.6 Å². The standard InChI is InChI=1S/C27H27N3O4/c1-18-3-7-22(8-4-18)34-24-13-20-6-10-25(31)30(27(20)28-15-24)17-26(32)29-12-11-19-5-9-23(33-2)14-21(19)16-29/h3-5,7-9,13-15H,6,10-12,16-17H2,1-2H3. The molecule has 1 aromatic heterocycles. The summed E-state index contributed by atoms with van der Waals surface area (Å²) >= 11 is 0. The summed E-state index contributed by atoms with van der Waals surface area (Å²) in [6.07, 6.45) is 3.32. The molecule has 2 aromatic carbocycles. The summed E-state index contributed by atoms with van der Waals surface area (Å²) in [5, 5.41) is 0. The minimum absolute atomic E-state index is 0.0176. The highest BCUT2D eigenvalue weighted by Crippen LogP contribution is 2.31. The largest absolute Gasteiger partial charge is 0.497 e. The van der Waals surface area contributed by atoms with Crippen molar-refractivity contribution < 1.29 is 19.1 Å². The maximum atomic E-state index is 13.2. The molecule has 0 saturated carbocycles. The average Bonchev–Trinajstić information content (AvgIpc) is 2.86. The zero-order valence-corrected chi connectivity index (χ0v) is 19.4. The Labute approximate surface area is 198 Å². The molecule has 0 fully saturated rings. The van der Waals surface area contributed by atoms with Gasteiger partial charge in [0.25, 0.3) is 0 Å². The van der Waals surface area contributed by atoms with Crippen LogP contribution in [0.25, 0.3) is 0 Å². The highest BCUT2D eigenvalue weighted by atomic mass is 16.5. The summed E-state index contributed by atoms with van der Waals surface area (Å²) in [7, 11) is 1.64. The third-order valence-electron chi connectivity index (χ3n) is 6.41. The van der Waals surface area contributed by atoms with Gasteiger partial charge in [-0.1, -0.05) is 23.8 Å². The molecular formula is C27H27N3O4. The van der Waals surface area contributed by atoms with E-state index >= 15 is 0 Å². The maximum Gasteiger partial charge on any atom is 0.243 e. The quantitative estimate of drug-likeness (QED) is 0.578. The van der Waals surface area contributed by atoms with Crippen molar-refractivity contribution in [3.05, 3.63) is 77.0 Å². The van der Waals surface area contributed by atoms with Crippen LogP contribution in [0.5, 0.6) is 17.2 Å².